The van der Waals surface area contributed by atoms with E-state index in [1.165, 1.54) is 0 Å². The molecule has 0 atom stereocenters. The molecule has 0 saturated heterocycles. The lowest BCUT2D eigenvalue weighted by Gasteiger charge is -2.33. The summed E-state index contributed by atoms with van der Waals surface area (Å²) in [6, 6.07) is 17.1. The fourth-order valence-corrected chi connectivity index (χ4v) is 3.37. The fraction of sp³-hybridized carbons (Fsp3) is 0.200. The number of nitrogens with zero attached hydrogens (tertiary/aromatic N) is 1. The van der Waals surface area contributed by atoms with Crippen LogP contribution in [0.3, 0.4) is 0 Å². The maximum Gasteiger partial charge on any atom is 0.323 e. The molecule has 0 saturated carbocycles. The SMILES string of the molecule is CC1(C)Cc2ccccc2C(NC(=O)Nc2ccc(Br)cc2)=C1C#N. The zero-order chi connectivity index (χ0) is 18.0. The van der Waals surface area contributed by atoms with Gasteiger partial charge < -0.3 is 10.6 Å². The average Bonchev–Trinajstić information content (AvgIpc) is 2.56. The number of halogens is 1. The molecule has 0 aromatic heterocycles. The Morgan fingerprint density at radius 2 is 1.80 bits per heavy atom. The summed E-state index contributed by atoms with van der Waals surface area (Å²) in [6.45, 7) is 4.05. The first-order valence-corrected chi connectivity index (χ1v) is 8.77. The molecule has 1 aliphatic rings. The summed E-state index contributed by atoms with van der Waals surface area (Å²) < 4.78 is 0.941. The van der Waals surface area contributed by atoms with E-state index >= 15 is 0 Å². The van der Waals surface area contributed by atoms with E-state index in [-0.39, 0.29) is 11.4 Å². The molecule has 2 aromatic rings. The standard InChI is InChI=1S/C20H18BrN3O/c1-20(2)11-13-5-3-4-6-16(13)18(17(20)12-22)24-19(25)23-15-9-7-14(21)8-10-15/h3-10H,11H2,1-2H3,(H2,23,24,25). The number of hydrogen-bond donors (Lipinski definition) is 2. The predicted octanol–water partition coefficient (Wildman–Crippen LogP) is 5.09. The second-order valence-electron chi connectivity index (χ2n) is 6.67. The predicted molar refractivity (Wildman–Crippen MR) is 103 cm³/mol. The Hall–Kier alpha value is -2.58. The van der Waals surface area contributed by atoms with E-state index in [1.807, 2.05) is 62.4 Å². The van der Waals surface area contributed by atoms with E-state index in [4.69, 9.17) is 0 Å². The zero-order valence-electron chi connectivity index (χ0n) is 14.1. The minimum atomic E-state index is -0.363. The Morgan fingerprint density at radius 3 is 2.48 bits per heavy atom. The van der Waals surface area contributed by atoms with Crippen LogP contribution < -0.4 is 10.6 Å². The van der Waals surface area contributed by atoms with Gasteiger partial charge in [-0.05, 0) is 36.2 Å². The van der Waals surface area contributed by atoms with Gasteiger partial charge in [-0.3, -0.25) is 0 Å². The van der Waals surface area contributed by atoms with Crippen molar-refractivity contribution in [3.63, 3.8) is 0 Å². The molecular weight excluding hydrogens is 378 g/mol. The number of amides is 2. The van der Waals surface area contributed by atoms with Crippen LogP contribution in [0.1, 0.15) is 25.0 Å². The van der Waals surface area contributed by atoms with E-state index in [1.54, 1.807) is 0 Å². The number of hydrogen-bond acceptors (Lipinski definition) is 2. The smallest absolute Gasteiger partial charge is 0.308 e. The van der Waals surface area contributed by atoms with Gasteiger partial charge in [-0.25, -0.2) is 4.79 Å². The maximum atomic E-state index is 12.5. The first kappa shape index (κ1) is 17.2. The summed E-state index contributed by atoms with van der Waals surface area (Å²) >= 11 is 3.37. The minimum Gasteiger partial charge on any atom is -0.308 e. The molecule has 2 N–H and O–H groups in total. The third-order valence-electron chi connectivity index (χ3n) is 4.30. The van der Waals surface area contributed by atoms with Crippen molar-refractivity contribution in [1.29, 1.82) is 5.26 Å². The highest BCUT2D eigenvalue weighted by atomic mass is 79.9. The highest BCUT2D eigenvalue weighted by Crippen LogP contribution is 2.41. The van der Waals surface area contributed by atoms with Crippen LogP contribution in [0.25, 0.3) is 5.70 Å². The number of allylic oxidation sites excluding steroid dienone is 1. The summed E-state index contributed by atoms with van der Waals surface area (Å²) in [7, 11) is 0. The molecule has 0 radical (unpaired) electrons. The van der Waals surface area contributed by atoms with Gasteiger partial charge in [0, 0.05) is 21.1 Å². The van der Waals surface area contributed by atoms with Crippen molar-refractivity contribution in [2.75, 3.05) is 5.32 Å². The first-order chi connectivity index (χ1) is 11.9. The van der Waals surface area contributed by atoms with Gasteiger partial charge in [-0.1, -0.05) is 54.0 Å². The zero-order valence-corrected chi connectivity index (χ0v) is 15.6. The maximum absolute atomic E-state index is 12.5. The number of urea groups is 1. The van der Waals surface area contributed by atoms with Gasteiger partial charge in [0.25, 0.3) is 0 Å². The van der Waals surface area contributed by atoms with Crippen LogP contribution in [-0.2, 0) is 6.42 Å². The quantitative estimate of drug-likeness (QED) is 0.743. The van der Waals surface area contributed by atoms with Crippen molar-refractivity contribution in [1.82, 2.24) is 5.32 Å². The Labute approximate surface area is 155 Å². The largest absolute Gasteiger partial charge is 0.323 e. The number of benzene rings is 2. The Balaban J connectivity index is 1.92. The monoisotopic (exact) mass is 395 g/mol. The molecule has 0 unspecified atom stereocenters. The van der Waals surface area contributed by atoms with Crippen LogP contribution >= 0.6 is 15.9 Å². The van der Waals surface area contributed by atoms with Gasteiger partial charge in [0.2, 0.25) is 0 Å². The van der Waals surface area contributed by atoms with Crippen molar-refractivity contribution in [3.8, 4) is 6.07 Å². The molecule has 5 heteroatoms. The molecule has 0 spiro atoms. The van der Waals surface area contributed by atoms with E-state index in [9.17, 15) is 10.1 Å². The molecule has 4 nitrogen and oxygen atoms in total. The van der Waals surface area contributed by atoms with Crippen LogP contribution in [0.2, 0.25) is 0 Å². The Bertz CT molecular complexity index is 892. The summed E-state index contributed by atoms with van der Waals surface area (Å²) in [5, 5.41) is 15.4. The first-order valence-electron chi connectivity index (χ1n) is 7.97. The molecule has 1 aliphatic carbocycles. The van der Waals surface area contributed by atoms with Crippen molar-refractivity contribution in [2.45, 2.75) is 20.3 Å². The Kier molecular flexibility index (Phi) is 4.65. The van der Waals surface area contributed by atoms with E-state index in [0.717, 1.165) is 22.0 Å². The lowest BCUT2D eigenvalue weighted by atomic mass is 9.72. The molecule has 0 fully saturated rings. The normalized spacial score (nSPS) is 15.1. The average molecular weight is 396 g/mol. The molecular formula is C20H18BrN3O. The molecule has 0 aliphatic heterocycles. The van der Waals surface area contributed by atoms with Gasteiger partial charge in [-0.2, -0.15) is 5.26 Å². The molecule has 2 aromatic carbocycles. The van der Waals surface area contributed by atoms with Crippen molar-refractivity contribution in [3.05, 3.63) is 69.7 Å². The molecule has 3 rings (SSSR count). The highest BCUT2D eigenvalue weighted by Gasteiger charge is 2.34. The second kappa shape index (κ2) is 6.73. The molecule has 126 valence electrons. The van der Waals surface area contributed by atoms with Crippen LogP contribution in [0.4, 0.5) is 10.5 Å². The van der Waals surface area contributed by atoms with Crippen LogP contribution in [-0.4, -0.2) is 6.03 Å². The molecule has 25 heavy (non-hydrogen) atoms. The number of fused-ring (bicyclic) bond motifs is 1. The van der Waals surface area contributed by atoms with E-state index in [0.29, 0.717) is 17.0 Å². The van der Waals surface area contributed by atoms with E-state index < -0.39 is 0 Å². The minimum absolute atomic E-state index is 0.330. The van der Waals surface area contributed by atoms with Gasteiger partial charge >= 0.3 is 6.03 Å². The van der Waals surface area contributed by atoms with Gasteiger partial charge in [0.05, 0.1) is 17.3 Å². The summed E-state index contributed by atoms with van der Waals surface area (Å²) in [4.78, 5) is 12.5. The number of nitriles is 1. The van der Waals surface area contributed by atoms with Crippen molar-refractivity contribution >= 4 is 33.3 Å². The number of carbonyl (C=O) groups excluding carboxylic acids is 1. The highest BCUT2D eigenvalue weighted by molar-refractivity contribution is 9.10. The van der Waals surface area contributed by atoms with Gasteiger partial charge in [0.15, 0.2) is 0 Å². The van der Waals surface area contributed by atoms with Gasteiger partial charge in [-0.15, -0.1) is 0 Å². The number of nitrogens with one attached hydrogen (secondary N) is 2. The number of rotatable bonds is 2. The lowest BCUT2D eigenvalue weighted by Crippen LogP contribution is -2.34. The van der Waals surface area contributed by atoms with Crippen LogP contribution in [0.15, 0.2) is 58.6 Å². The molecule has 2 amide bonds. The second-order valence-corrected chi connectivity index (χ2v) is 7.58. The summed E-state index contributed by atoms with van der Waals surface area (Å²) in [6.07, 6.45) is 0.769. The summed E-state index contributed by atoms with van der Waals surface area (Å²) in [5.41, 5.74) is 3.57. The Morgan fingerprint density at radius 1 is 1.12 bits per heavy atom. The van der Waals surface area contributed by atoms with Crippen molar-refractivity contribution < 1.29 is 4.79 Å². The third kappa shape index (κ3) is 3.59. The molecule has 0 heterocycles. The van der Waals surface area contributed by atoms with Crippen LogP contribution in [0.5, 0.6) is 0 Å². The van der Waals surface area contributed by atoms with Crippen molar-refractivity contribution in [2.24, 2.45) is 5.41 Å². The lowest BCUT2D eigenvalue weighted by molar-refractivity contribution is 0.255. The fourth-order valence-electron chi connectivity index (χ4n) is 3.10. The van der Waals surface area contributed by atoms with Crippen LogP contribution in [0, 0.1) is 16.7 Å². The summed E-state index contributed by atoms with van der Waals surface area (Å²) in [5.74, 6) is 0. The number of anilines is 1. The number of carbonyl (C=O) groups is 1. The van der Waals surface area contributed by atoms with Gasteiger partial charge in [0.1, 0.15) is 0 Å². The topological polar surface area (TPSA) is 64.9 Å². The third-order valence-corrected chi connectivity index (χ3v) is 4.83. The van der Waals surface area contributed by atoms with E-state index in [2.05, 4.69) is 32.6 Å². The molecule has 0 bridgehead atoms.